The molecule has 1 unspecified atom stereocenters. The van der Waals surface area contributed by atoms with Gasteiger partial charge in [-0.15, -0.1) is 0 Å². The molecule has 0 saturated carbocycles. The second-order valence-corrected chi connectivity index (χ2v) is 4.69. The minimum absolute atomic E-state index is 0.112. The number of amides is 1. The Labute approximate surface area is 96.4 Å². The molecule has 0 spiro atoms. The molecule has 0 radical (unpaired) electrons. The smallest absolute Gasteiger partial charge is 0.305 e. The van der Waals surface area contributed by atoms with Gasteiger partial charge >= 0.3 is 5.97 Å². The lowest BCUT2D eigenvalue weighted by Crippen LogP contribution is -2.51. The lowest BCUT2D eigenvalue weighted by atomic mass is 9.99. The minimum Gasteiger partial charge on any atom is -0.481 e. The SMILES string of the molecule is CCCCC(N)C(=O)NC(C)(C)CC(=O)O. The number of carbonyl (C=O) groups excluding carboxylic acids is 1. The van der Waals surface area contributed by atoms with Crippen LogP contribution in [0, 0.1) is 0 Å². The van der Waals surface area contributed by atoms with Gasteiger partial charge in [-0.1, -0.05) is 19.8 Å². The number of carboxylic acid groups (broad SMARTS) is 1. The van der Waals surface area contributed by atoms with Crippen molar-refractivity contribution in [1.82, 2.24) is 5.32 Å². The second-order valence-electron chi connectivity index (χ2n) is 4.69. The summed E-state index contributed by atoms with van der Waals surface area (Å²) >= 11 is 0. The quantitative estimate of drug-likeness (QED) is 0.605. The molecule has 0 aliphatic rings. The summed E-state index contributed by atoms with van der Waals surface area (Å²) in [6.07, 6.45) is 2.40. The molecule has 0 fully saturated rings. The van der Waals surface area contributed by atoms with Crippen molar-refractivity contribution >= 4 is 11.9 Å². The molecule has 0 aromatic heterocycles. The minimum atomic E-state index is -0.938. The van der Waals surface area contributed by atoms with Crippen LogP contribution in [-0.4, -0.2) is 28.6 Å². The Morgan fingerprint density at radius 3 is 2.44 bits per heavy atom. The average molecular weight is 230 g/mol. The van der Waals surface area contributed by atoms with Crippen molar-refractivity contribution < 1.29 is 14.7 Å². The molecular weight excluding hydrogens is 208 g/mol. The Morgan fingerprint density at radius 2 is 2.00 bits per heavy atom. The normalized spacial score (nSPS) is 13.2. The summed E-state index contributed by atoms with van der Waals surface area (Å²) < 4.78 is 0. The predicted octanol–water partition coefficient (Wildman–Crippen LogP) is 0.873. The third kappa shape index (κ3) is 6.40. The molecule has 1 atom stereocenters. The molecular formula is C11H22N2O3. The Hall–Kier alpha value is -1.10. The maximum absolute atomic E-state index is 11.6. The molecule has 5 heteroatoms. The van der Waals surface area contributed by atoms with Crippen molar-refractivity contribution in [2.45, 2.75) is 58.0 Å². The number of hydrogen-bond acceptors (Lipinski definition) is 3. The van der Waals surface area contributed by atoms with Gasteiger partial charge in [0, 0.05) is 5.54 Å². The van der Waals surface area contributed by atoms with Gasteiger partial charge in [0.2, 0.25) is 5.91 Å². The van der Waals surface area contributed by atoms with Crippen LogP contribution < -0.4 is 11.1 Å². The Balaban J connectivity index is 4.15. The lowest BCUT2D eigenvalue weighted by Gasteiger charge is -2.26. The van der Waals surface area contributed by atoms with Crippen molar-refractivity contribution in [1.29, 1.82) is 0 Å². The van der Waals surface area contributed by atoms with Crippen LogP contribution in [0.2, 0.25) is 0 Å². The number of carboxylic acids is 1. The van der Waals surface area contributed by atoms with Gasteiger partial charge in [0.1, 0.15) is 0 Å². The van der Waals surface area contributed by atoms with E-state index in [4.69, 9.17) is 10.8 Å². The van der Waals surface area contributed by atoms with E-state index in [9.17, 15) is 9.59 Å². The molecule has 1 amide bonds. The number of aliphatic carboxylic acids is 1. The topological polar surface area (TPSA) is 92.4 Å². The first-order valence-corrected chi connectivity index (χ1v) is 5.58. The summed E-state index contributed by atoms with van der Waals surface area (Å²) in [5, 5.41) is 11.3. The van der Waals surface area contributed by atoms with E-state index in [1.165, 1.54) is 0 Å². The zero-order valence-corrected chi connectivity index (χ0v) is 10.2. The highest BCUT2D eigenvalue weighted by molar-refractivity contribution is 5.82. The van der Waals surface area contributed by atoms with Crippen molar-refractivity contribution in [3.63, 3.8) is 0 Å². The highest BCUT2D eigenvalue weighted by atomic mass is 16.4. The monoisotopic (exact) mass is 230 g/mol. The Morgan fingerprint density at radius 1 is 1.44 bits per heavy atom. The van der Waals surface area contributed by atoms with Gasteiger partial charge in [-0.2, -0.15) is 0 Å². The van der Waals surface area contributed by atoms with Crippen LogP contribution >= 0.6 is 0 Å². The van der Waals surface area contributed by atoms with Gasteiger partial charge in [-0.25, -0.2) is 0 Å². The van der Waals surface area contributed by atoms with Crippen molar-refractivity contribution in [2.75, 3.05) is 0 Å². The molecule has 0 aliphatic heterocycles. The summed E-state index contributed by atoms with van der Waals surface area (Å²) in [5.74, 6) is -1.22. The maximum Gasteiger partial charge on any atom is 0.305 e. The van der Waals surface area contributed by atoms with Gasteiger partial charge in [0.15, 0.2) is 0 Å². The average Bonchev–Trinajstić information content (AvgIpc) is 2.10. The van der Waals surface area contributed by atoms with E-state index in [2.05, 4.69) is 5.32 Å². The van der Waals surface area contributed by atoms with E-state index in [0.29, 0.717) is 6.42 Å². The number of hydrogen-bond donors (Lipinski definition) is 3. The van der Waals surface area contributed by atoms with E-state index in [1.807, 2.05) is 6.92 Å². The van der Waals surface area contributed by atoms with E-state index >= 15 is 0 Å². The second kappa shape index (κ2) is 6.48. The van der Waals surface area contributed by atoms with E-state index < -0.39 is 17.6 Å². The molecule has 5 nitrogen and oxygen atoms in total. The first-order valence-electron chi connectivity index (χ1n) is 5.58. The largest absolute Gasteiger partial charge is 0.481 e. The summed E-state index contributed by atoms with van der Waals surface area (Å²) in [4.78, 5) is 22.2. The van der Waals surface area contributed by atoms with Crippen LogP contribution in [0.3, 0.4) is 0 Å². The number of unbranched alkanes of at least 4 members (excludes halogenated alkanes) is 1. The lowest BCUT2D eigenvalue weighted by molar-refractivity contribution is -0.138. The first-order chi connectivity index (χ1) is 7.28. The molecule has 0 aromatic carbocycles. The van der Waals surface area contributed by atoms with Crippen LogP contribution in [0.4, 0.5) is 0 Å². The molecule has 0 bridgehead atoms. The number of nitrogens with one attached hydrogen (secondary N) is 1. The van der Waals surface area contributed by atoms with Crippen LogP contribution in [0.25, 0.3) is 0 Å². The zero-order valence-electron chi connectivity index (χ0n) is 10.2. The summed E-state index contributed by atoms with van der Waals surface area (Å²) in [7, 11) is 0. The van der Waals surface area contributed by atoms with Crippen molar-refractivity contribution in [2.24, 2.45) is 5.73 Å². The van der Waals surface area contributed by atoms with Gasteiger partial charge in [-0.3, -0.25) is 9.59 Å². The van der Waals surface area contributed by atoms with Crippen molar-refractivity contribution in [3.8, 4) is 0 Å². The molecule has 0 heterocycles. The number of rotatable bonds is 7. The zero-order chi connectivity index (χ0) is 12.8. The Kier molecular flexibility index (Phi) is 6.03. The molecule has 94 valence electrons. The van der Waals surface area contributed by atoms with E-state index in [0.717, 1.165) is 12.8 Å². The molecule has 0 saturated heterocycles. The highest BCUT2D eigenvalue weighted by Gasteiger charge is 2.25. The van der Waals surface area contributed by atoms with E-state index in [1.54, 1.807) is 13.8 Å². The first kappa shape index (κ1) is 14.9. The van der Waals surface area contributed by atoms with Crippen LogP contribution in [-0.2, 0) is 9.59 Å². The Bertz CT molecular complexity index is 252. The summed E-state index contributed by atoms with van der Waals surface area (Å²) in [6, 6.07) is -0.548. The summed E-state index contributed by atoms with van der Waals surface area (Å²) in [5.41, 5.74) is 4.92. The molecule has 16 heavy (non-hydrogen) atoms. The standard InChI is InChI=1S/C11H22N2O3/c1-4-5-6-8(12)10(16)13-11(2,3)7-9(14)15/h8H,4-7,12H2,1-3H3,(H,13,16)(H,14,15). The van der Waals surface area contributed by atoms with Gasteiger partial charge < -0.3 is 16.2 Å². The van der Waals surface area contributed by atoms with Crippen LogP contribution in [0.15, 0.2) is 0 Å². The predicted molar refractivity (Wildman–Crippen MR) is 62.0 cm³/mol. The molecule has 4 N–H and O–H groups in total. The fourth-order valence-corrected chi connectivity index (χ4v) is 1.40. The fourth-order valence-electron chi connectivity index (χ4n) is 1.40. The number of carbonyl (C=O) groups is 2. The molecule has 0 aliphatic carbocycles. The van der Waals surface area contributed by atoms with E-state index in [-0.39, 0.29) is 12.3 Å². The van der Waals surface area contributed by atoms with Crippen LogP contribution in [0.5, 0.6) is 0 Å². The van der Waals surface area contributed by atoms with Crippen LogP contribution in [0.1, 0.15) is 46.5 Å². The summed E-state index contributed by atoms with van der Waals surface area (Å²) in [6.45, 7) is 5.37. The van der Waals surface area contributed by atoms with Gasteiger partial charge in [0.25, 0.3) is 0 Å². The highest BCUT2D eigenvalue weighted by Crippen LogP contribution is 2.09. The third-order valence-corrected chi connectivity index (χ3v) is 2.26. The third-order valence-electron chi connectivity index (χ3n) is 2.26. The van der Waals surface area contributed by atoms with Crippen molar-refractivity contribution in [3.05, 3.63) is 0 Å². The fraction of sp³-hybridized carbons (Fsp3) is 0.818. The molecule has 0 aromatic rings. The molecule has 0 rings (SSSR count). The number of nitrogens with two attached hydrogens (primary N) is 1. The van der Waals surface area contributed by atoms with Gasteiger partial charge in [-0.05, 0) is 20.3 Å². The maximum atomic E-state index is 11.6. The van der Waals surface area contributed by atoms with Gasteiger partial charge in [0.05, 0.1) is 12.5 Å².